The fourth-order valence-electron chi connectivity index (χ4n) is 3.84. The van der Waals surface area contributed by atoms with E-state index in [1.165, 1.54) is 11.5 Å². The van der Waals surface area contributed by atoms with Crippen LogP contribution in [-0.4, -0.2) is 65.4 Å². The first-order valence-electron chi connectivity index (χ1n) is 10.9. The number of hydrogen-bond donors (Lipinski definition) is 0. The Morgan fingerprint density at radius 2 is 1.62 bits per heavy atom. The molecular formula is C24H27N3O4S. The van der Waals surface area contributed by atoms with E-state index in [0.717, 1.165) is 15.6 Å². The van der Waals surface area contributed by atoms with Crippen molar-refractivity contribution in [3.8, 4) is 11.5 Å². The molecule has 0 spiro atoms. The molecule has 8 heteroatoms. The fourth-order valence-corrected chi connectivity index (χ4v) is 4.61. The molecule has 1 aliphatic heterocycles. The molecule has 32 heavy (non-hydrogen) atoms. The van der Waals surface area contributed by atoms with Crippen LogP contribution in [0.25, 0.3) is 10.1 Å². The van der Waals surface area contributed by atoms with Crippen LogP contribution in [0.4, 0.5) is 0 Å². The summed E-state index contributed by atoms with van der Waals surface area (Å²) in [6, 6.07) is 13.4. The van der Waals surface area contributed by atoms with Gasteiger partial charge in [-0.1, -0.05) is 24.3 Å². The van der Waals surface area contributed by atoms with Gasteiger partial charge in [0.15, 0.2) is 11.5 Å². The minimum absolute atomic E-state index is 0.0443. The molecule has 1 saturated heterocycles. The van der Waals surface area contributed by atoms with Crippen molar-refractivity contribution in [1.82, 2.24) is 14.2 Å². The molecule has 2 aromatic carbocycles. The molecule has 168 valence electrons. The SMILES string of the molecule is CCOc1ccc(CC(=O)N2CCN(C(=O)c3nsc4ccccc34)CC2)cc1OCC. The lowest BCUT2D eigenvalue weighted by atomic mass is 10.1. The molecule has 1 fully saturated rings. The minimum atomic E-state index is -0.0672. The molecule has 0 aliphatic carbocycles. The van der Waals surface area contributed by atoms with Crippen molar-refractivity contribution in [2.24, 2.45) is 0 Å². The molecule has 1 aliphatic rings. The smallest absolute Gasteiger partial charge is 0.274 e. The summed E-state index contributed by atoms with van der Waals surface area (Å²) in [5, 5.41) is 0.890. The maximum atomic E-state index is 13.0. The molecule has 0 N–H and O–H groups in total. The molecule has 4 rings (SSSR count). The van der Waals surface area contributed by atoms with Crippen LogP contribution in [0.15, 0.2) is 42.5 Å². The van der Waals surface area contributed by atoms with E-state index in [2.05, 4.69) is 4.37 Å². The van der Waals surface area contributed by atoms with E-state index in [4.69, 9.17) is 9.47 Å². The number of piperazine rings is 1. The average Bonchev–Trinajstić information content (AvgIpc) is 3.25. The van der Waals surface area contributed by atoms with Crippen molar-refractivity contribution in [2.45, 2.75) is 20.3 Å². The highest BCUT2D eigenvalue weighted by Gasteiger charge is 2.27. The number of carbonyl (C=O) groups is 2. The highest BCUT2D eigenvalue weighted by atomic mass is 32.1. The van der Waals surface area contributed by atoms with Gasteiger partial charge in [0.1, 0.15) is 5.69 Å². The Labute approximate surface area is 191 Å². The summed E-state index contributed by atoms with van der Waals surface area (Å²) < 4.78 is 16.6. The van der Waals surface area contributed by atoms with Crippen molar-refractivity contribution in [1.29, 1.82) is 0 Å². The van der Waals surface area contributed by atoms with E-state index >= 15 is 0 Å². The molecule has 0 radical (unpaired) electrons. The third-order valence-electron chi connectivity index (χ3n) is 5.46. The van der Waals surface area contributed by atoms with Gasteiger partial charge in [-0.25, -0.2) is 0 Å². The summed E-state index contributed by atoms with van der Waals surface area (Å²) in [5.74, 6) is 1.32. The van der Waals surface area contributed by atoms with Gasteiger partial charge in [0, 0.05) is 31.6 Å². The Hall–Kier alpha value is -3.13. The molecule has 2 amide bonds. The zero-order valence-electron chi connectivity index (χ0n) is 18.4. The van der Waals surface area contributed by atoms with E-state index in [-0.39, 0.29) is 18.2 Å². The third-order valence-corrected chi connectivity index (χ3v) is 6.29. The maximum absolute atomic E-state index is 13.0. The Bertz CT molecular complexity index is 1110. The van der Waals surface area contributed by atoms with Gasteiger partial charge in [-0.2, -0.15) is 4.37 Å². The van der Waals surface area contributed by atoms with Crippen LogP contribution >= 0.6 is 11.5 Å². The van der Waals surface area contributed by atoms with Gasteiger partial charge < -0.3 is 19.3 Å². The quantitative estimate of drug-likeness (QED) is 0.546. The largest absolute Gasteiger partial charge is 0.490 e. The Morgan fingerprint density at radius 3 is 2.38 bits per heavy atom. The predicted molar refractivity (Wildman–Crippen MR) is 125 cm³/mol. The van der Waals surface area contributed by atoms with Crippen LogP contribution in [0.1, 0.15) is 29.9 Å². The first-order valence-corrected chi connectivity index (χ1v) is 11.7. The van der Waals surface area contributed by atoms with E-state index in [1.807, 2.05) is 61.2 Å². The topological polar surface area (TPSA) is 72.0 Å². The number of carbonyl (C=O) groups excluding carboxylic acids is 2. The molecule has 0 atom stereocenters. The lowest BCUT2D eigenvalue weighted by Crippen LogP contribution is -2.51. The summed E-state index contributed by atoms with van der Waals surface area (Å²) in [5.41, 5.74) is 1.39. The fraction of sp³-hybridized carbons (Fsp3) is 0.375. The highest BCUT2D eigenvalue weighted by molar-refractivity contribution is 7.13. The predicted octanol–water partition coefficient (Wildman–Crippen LogP) is 3.62. The second-order valence-corrected chi connectivity index (χ2v) is 8.33. The maximum Gasteiger partial charge on any atom is 0.274 e. The van der Waals surface area contributed by atoms with Gasteiger partial charge in [0.05, 0.1) is 24.3 Å². The summed E-state index contributed by atoms with van der Waals surface area (Å²) in [6.07, 6.45) is 0.289. The molecule has 0 unspecified atom stereocenters. The first-order chi connectivity index (χ1) is 15.6. The third kappa shape index (κ3) is 4.70. The monoisotopic (exact) mass is 453 g/mol. The van der Waals surface area contributed by atoms with E-state index in [0.29, 0.717) is 56.6 Å². The number of fused-ring (bicyclic) bond motifs is 1. The van der Waals surface area contributed by atoms with Gasteiger partial charge in [-0.05, 0) is 49.1 Å². The van der Waals surface area contributed by atoms with Crippen LogP contribution in [0, 0.1) is 0 Å². The molecule has 3 aromatic rings. The zero-order valence-corrected chi connectivity index (χ0v) is 19.2. The Kier molecular flexibility index (Phi) is 6.90. The van der Waals surface area contributed by atoms with Crippen LogP contribution in [0.5, 0.6) is 11.5 Å². The molecular weight excluding hydrogens is 426 g/mol. The Balaban J connectivity index is 1.36. The zero-order chi connectivity index (χ0) is 22.5. The summed E-state index contributed by atoms with van der Waals surface area (Å²) >= 11 is 1.34. The molecule has 2 heterocycles. The van der Waals surface area contributed by atoms with Crippen LogP contribution < -0.4 is 9.47 Å². The Morgan fingerprint density at radius 1 is 0.938 bits per heavy atom. The molecule has 7 nitrogen and oxygen atoms in total. The second kappa shape index (κ2) is 9.99. The molecule has 1 aromatic heterocycles. The van der Waals surface area contributed by atoms with Crippen molar-refractivity contribution in [3.63, 3.8) is 0 Å². The highest BCUT2D eigenvalue weighted by Crippen LogP contribution is 2.29. The second-order valence-electron chi connectivity index (χ2n) is 7.52. The first kappa shape index (κ1) is 22.1. The number of benzene rings is 2. The minimum Gasteiger partial charge on any atom is -0.490 e. The number of ether oxygens (including phenoxy) is 2. The van der Waals surface area contributed by atoms with Gasteiger partial charge in [-0.15, -0.1) is 0 Å². The van der Waals surface area contributed by atoms with Crippen molar-refractivity contribution >= 4 is 33.4 Å². The van der Waals surface area contributed by atoms with Gasteiger partial charge in [0.2, 0.25) is 5.91 Å². The van der Waals surface area contributed by atoms with Crippen molar-refractivity contribution < 1.29 is 19.1 Å². The lowest BCUT2D eigenvalue weighted by molar-refractivity contribution is -0.131. The molecule has 0 saturated carbocycles. The van der Waals surface area contributed by atoms with Crippen LogP contribution in [0.2, 0.25) is 0 Å². The molecule has 0 bridgehead atoms. The van der Waals surface area contributed by atoms with E-state index in [9.17, 15) is 9.59 Å². The summed E-state index contributed by atoms with van der Waals surface area (Å²) in [7, 11) is 0. The average molecular weight is 454 g/mol. The van der Waals surface area contributed by atoms with Gasteiger partial charge in [-0.3, -0.25) is 9.59 Å². The van der Waals surface area contributed by atoms with Gasteiger partial charge >= 0.3 is 0 Å². The normalized spacial score (nSPS) is 13.9. The van der Waals surface area contributed by atoms with Crippen LogP contribution in [0.3, 0.4) is 0 Å². The van der Waals surface area contributed by atoms with Crippen molar-refractivity contribution in [3.05, 3.63) is 53.7 Å². The number of amides is 2. The lowest BCUT2D eigenvalue weighted by Gasteiger charge is -2.34. The number of nitrogens with zero attached hydrogens (tertiary/aromatic N) is 3. The number of rotatable bonds is 7. The van der Waals surface area contributed by atoms with Crippen LogP contribution in [-0.2, 0) is 11.2 Å². The summed E-state index contributed by atoms with van der Waals surface area (Å²) in [4.78, 5) is 29.4. The number of hydrogen-bond acceptors (Lipinski definition) is 6. The van der Waals surface area contributed by atoms with E-state index < -0.39 is 0 Å². The number of aromatic nitrogens is 1. The standard InChI is InChI=1S/C24H27N3O4S/c1-3-30-19-10-9-17(15-20(19)31-4-2)16-22(28)26-11-13-27(14-12-26)24(29)23-18-7-5-6-8-21(18)32-25-23/h5-10,15H,3-4,11-14,16H2,1-2H3. The van der Waals surface area contributed by atoms with E-state index in [1.54, 1.807) is 4.90 Å². The van der Waals surface area contributed by atoms with Gasteiger partial charge in [0.25, 0.3) is 5.91 Å². The van der Waals surface area contributed by atoms with Crippen molar-refractivity contribution in [2.75, 3.05) is 39.4 Å². The summed E-state index contributed by atoms with van der Waals surface area (Å²) in [6.45, 7) is 6.97.